The second-order valence-corrected chi connectivity index (χ2v) is 5.81. The fraction of sp³-hybridized carbons (Fsp3) is 1.00. The SMILES string of the molecule is CCC(C)CN(C(CC)CC)C(C)(C)C. The molecule has 0 fully saturated rings. The maximum absolute atomic E-state index is 2.70. The van der Waals surface area contributed by atoms with E-state index < -0.39 is 0 Å². The van der Waals surface area contributed by atoms with Gasteiger partial charge in [-0.2, -0.15) is 0 Å². The summed E-state index contributed by atoms with van der Waals surface area (Å²) >= 11 is 0. The zero-order chi connectivity index (χ0) is 12.1. The topological polar surface area (TPSA) is 3.24 Å². The Hall–Kier alpha value is -0.0400. The molecule has 0 rings (SSSR count). The highest BCUT2D eigenvalue weighted by Crippen LogP contribution is 2.23. The highest BCUT2D eigenvalue weighted by atomic mass is 15.2. The summed E-state index contributed by atoms with van der Waals surface area (Å²) in [6, 6.07) is 0.749. The van der Waals surface area contributed by atoms with Crippen LogP contribution in [0.4, 0.5) is 0 Å². The van der Waals surface area contributed by atoms with Crippen molar-refractivity contribution >= 4 is 0 Å². The summed E-state index contributed by atoms with van der Waals surface area (Å²) < 4.78 is 0. The quantitative estimate of drug-likeness (QED) is 0.635. The second-order valence-electron chi connectivity index (χ2n) is 5.81. The van der Waals surface area contributed by atoms with E-state index in [1.807, 2.05) is 0 Å². The molecule has 15 heavy (non-hydrogen) atoms. The van der Waals surface area contributed by atoms with Crippen LogP contribution < -0.4 is 0 Å². The van der Waals surface area contributed by atoms with Crippen LogP contribution in [0.1, 0.15) is 67.7 Å². The van der Waals surface area contributed by atoms with Gasteiger partial charge in [-0.25, -0.2) is 0 Å². The van der Waals surface area contributed by atoms with Crippen molar-refractivity contribution in [2.75, 3.05) is 6.54 Å². The molecular formula is C14H31N. The maximum atomic E-state index is 2.70. The zero-order valence-corrected chi connectivity index (χ0v) is 11.9. The number of hydrogen-bond acceptors (Lipinski definition) is 1. The Balaban J connectivity index is 4.57. The molecule has 0 radical (unpaired) electrons. The van der Waals surface area contributed by atoms with Crippen molar-refractivity contribution < 1.29 is 0 Å². The van der Waals surface area contributed by atoms with E-state index >= 15 is 0 Å². The van der Waals surface area contributed by atoms with Gasteiger partial charge in [0.05, 0.1) is 0 Å². The minimum atomic E-state index is 0.306. The predicted octanol–water partition coefficient (Wildman–Crippen LogP) is 4.32. The van der Waals surface area contributed by atoms with Gasteiger partial charge in [0.15, 0.2) is 0 Å². The van der Waals surface area contributed by atoms with Gasteiger partial charge in [0.1, 0.15) is 0 Å². The van der Waals surface area contributed by atoms with E-state index in [4.69, 9.17) is 0 Å². The third-order valence-corrected chi connectivity index (χ3v) is 3.45. The molecule has 0 amide bonds. The summed E-state index contributed by atoms with van der Waals surface area (Å²) in [6.07, 6.45) is 3.82. The maximum Gasteiger partial charge on any atom is 0.0128 e. The summed E-state index contributed by atoms with van der Waals surface area (Å²) in [5.41, 5.74) is 0.306. The fourth-order valence-electron chi connectivity index (χ4n) is 2.16. The van der Waals surface area contributed by atoms with Crippen molar-refractivity contribution in [1.29, 1.82) is 0 Å². The molecule has 0 aliphatic heterocycles. The second kappa shape index (κ2) is 6.52. The van der Waals surface area contributed by atoms with Crippen molar-refractivity contribution in [3.05, 3.63) is 0 Å². The van der Waals surface area contributed by atoms with Crippen molar-refractivity contribution in [2.24, 2.45) is 5.92 Å². The van der Waals surface area contributed by atoms with Crippen LogP contribution in [0, 0.1) is 5.92 Å². The lowest BCUT2D eigenvalue weighted by atomic mass is 9.96. The van der Waals surface area contributed by atoms with Crippen LogP contribution in [-0.2, 0) is 0 Å². The summed E-state index contributed by atoms with van der Waals surface area (Å²) in [5.74, 6) is 0.810. The van der Waals surface area contributed by atoms with Crippen LogP contribution in [0.3, 0.4) is 0 Å². The van der Waals surface area contributed by atoms with E-state index in [9.17, 15) is 0 Å². The van der Waals surface area contributed by atoms with Crippen molar-refractivity contribution in [1.82, 2.24) is 4.90 Å². The molecule has 0 aliphatic rings. The lowest BCUT2D eigenvalue weighted by Gasteiger charge is -2.42. The first-order valence-corrected chi connectivity index (χ1v) is 6.63. The average molecular weight is 213 g/mol. The predicted molar refractivity (Wildman–Crippen MR) is 70.3 cm³/mol. The lowest BCUT2D eigenvalue weighted by molar-refractivity contribution is 0.0602. The highest BCUT2D eigenvalue weighted by molar-refractivity contribution is 4.83. The molecule has 0 spiro atoms. The fourth-order valence-corrected chi connectivity index (χ4v) is 2.16. The molecule has 0 bridgehead atoms. The summed E-state index contributed by atoms with van der Waals surface area (Å²) in [4.78, 5) is 2.70. The molecule has 0 N–H and O–H groups in total. The van der Waals surface area contributed by atoms with Gasteiger partial charge in [-0.3, -0.25) is 4.90 Å². The van der Waals surface area contributed by atoms with Crippen LogP contribution in [-0.4, -0.2) is 23.0 Å². The van der Waals surface area contributed by atoms with E-state index in [2.05, 4.69) is 53.4 Å². The minimum Gasteiger partial charge on any atom is -0.295 e. The smallest absolute Gasteiger partial charge is 0.0128 e. The molecule has 0 aliphatic carbocycles. The van der Waals surface area contributed by atoms with E-state index in [0.29, 0.717) is 5.54 Å². The monoisotopic (exact) mass is 213 g/mol. The molecule has 92 valence electrons. The van der Waals surface area contributed by atoms with E-state index in [1.54, 1.807) is 0 Å². The molecule has 1 unspecified atom stereocenters. The standard InChI is InChI=1S/C14H31N/c1-8-12(4)11-15(14(5,6)7)13(9-2)10-3/h12-13H,8-11H2,1-7H3. The Morgan fingerprint density at radius 2 is 1.40 bits per heavy atom. The first-order chi connectivity index (χ1) is 6.86. The summed E-state index contributed by atoms with van der Waals surface area (Å²) in [7, 11) is 0. The first kappa shape index (κ1) is 15.0. The van der Waals surface area contributed by atoms with Gasteiger partial charge in [0, 0.05) is 18.1 Å². The van der Waals surface area contributed by atoms with Gasteiger partial charge < -0.3 is 0 Å². The summed E-state index contributed by atoms with van der Waals surface area (Å²) in [5, 5.41) is 0. The molecule has 0 saturated carbocycles. The van der Waals surface area contributed by atoms with Crippen LogP contribution in [0.25, 0.3) is 0 Å². The molecular weight excluding hydrogens is 182 g/mol. The summed E-state index contributed by atoms with van der Waals surface area (Å²) in [6.45, 7) is 17.5. The first-order valence-electron chi connectivity index (χ1n) is 6.63. The van der Waals surface area contributed by atoms with Gasteiger partial charge in [-0.05, 0) is 39.5 Å². The van der Waals surface area contributed by atoms with Gasteiger partial charge in [-0.1, -0.05) is 34.1 Å². The Kier molecular flexibility index (Phi) is 6.51. The van der Waals surface area contributed by atoms with E-state index in [-0.39, 0.29) is 0 Å². The van der Waals surface area contributed by atoms with E-state index in [0.717, 1.165) is 12.0 Å². The molecule has 1 nitrogen and oxygen atoms in total. The van der Waals surface area contributed by atoms with Gasteiger partial charge >= 0.3 is 0 Å². The molecule has 0 aromatic rings. The van der Waals surface area contributed by atoms with Crippen LogP contribution in [0.2, 0.25) is 0 Å². The third kappa shape index (κ3) is 5.01. The highest BCUT2D eigenvalue weighted by Gasteiger charge is 2.27. The van der Waals surface area contributed by atoms with Crippen molar-refractivity contribution in [3.8, 4) is 0 Å². The number of hydrogen-bond donors (Lipinski definition) is 0. The third-order valence-electron chi connectivity index (χ3n) is 3.45. The number of rotatable bonds is 6. The molecule has 0 saturated heterocycles. The molecule has 0 heterocycles. The largest absolute Gasteiger partial charge is 0.295 e. The Morgan fingerprint density at radius 1 is 0.933 bits per heavy atom. The Bertz CT molecular complexity index is 153. The molecule has 1 atom stereocenters. The normalized spacial score (nSPS) is 15.0. The van der Waals surface area contributed by atoms with E-state index in [1.165, 1.54) is 25.8 Å². The van der Waals surface area contributed by atoms with Gasteiger partial charge in [0.2, 0.25) is 0 Å². The minimum absolute atomic E-state index is 0.306. The van der Waals surface area contributed by atoms with Crippen molar-refractivity contribution in [2.45, 2.75) is 79.3 Å². The average Bonchev–Trinajstić information content (AvgIpc) is 2.16. The van der Waals surface area contributed by atoms with Crippen molar-refractivity contribution in [3.63, 3.8) is 0 Å². The zero-order valence-electron chi connectivity index (χ0n) is 11.9. The van der Waals surface area contributed by atoms with Crippen LogP contribution in [0.5, 0.6) is 0 Å². The number of nitrogens with zero attached hydrogens (tertiary/aromatic N) is 1. The molecule has 0 aromatic heterocycles. The molecule has 0 aromatic carbocycles. The lowest BCUT2D eigenvalue weighted by Crippen LogP contribution is -2.49. The van der Waals surface area contributed by atoms with Crippen LogP contribution in [0.15, 0.2) is 0 Å². The van der Waals surface area contributed by atoms with Gasteiger partial charge in [-0.15, -0.1) is 0 Å². The Labute approximate surface area is 97.2 Å². The van der Waals surface area contributed by atoms with Gasteiger partial charge in [0.25, 0.3) is 0 Å². The van der Waals surface area contributed by atoms with Crippen LogP contribution >= 0.6 is 0 Å². The Morgan fingerprint density at radius 3 is 1.67 bits per heavy atom. The molecule has 1 heteroatoms.